The molecule has 0 atom stereocenters. The molecule has 0 amide bonds. The molecule has 23 heavy (non-hydrogen) atoms. The highest BCUT2D eigenvalue weighted by Gasteiger charge is 2.09. The Morgan fingerprint density at radius 1 is 0.957 bits per heavy atom. The lowest BCUT2D eigenvalue weighted by Crippen LogP contribution is -2.10. The fraction of sp³-hybridized carbons (Fsp3) is 0.167. The number of hydrogen-bond acceptors (Lipinski definition) is 5. The van der Waals surface area contributed by atoms with Crippen LogP contribution in [0.4, 0.5) is 4.79 Å². The molecule has 0 unspecified atom stereocenters. The molecule has 0 radical (unpaired) electrons. The summed E-state index contributed by atoms with van der Waals surface area (Å²) >= 11 is 0. The molecule has 0 bridgehead atoms. The average molecular weight is 308 g/mol. The molecule has 5 nitrogen and oxygen atoms in total. The smallest absolute Gasteiger partial charge is 0.429 e. The van der Waals surface area contributed by atoms with E-state index in [4.69, 9.17) is 9.47 Å². The fourth-order valence-electron chi connectivity index (χ4n) is 2.12. The molecule has 1 heterocycles. The van der Waals surface area contributed by atoms with Gasteiger partial charge in [0, 0.05) is 6.07 Å². The predicted molar refractivity (Wildman–Crippen MR) is 86.3 cm³/mol. The van der Waals surface area contributed by atoms with Crippen molar-refractivity contribution >= 4 is 17.2 Å². The Kier molecular flexibility index (Phi) is 4.19. The number of aryl methyl sites for hydroxylation is 2. The molecular weight excluding hydrogens is 292 g/mol. The fourth-order valence-corrected chi connectivity index (χ4v) is 2.12. The molecule has 0 saturated carbocycles. The van der Waals surface area contributed by atoms with Crippen LogP contribution in [0.15, 0.2) is 48.5 Å². The molecule has 0 fully saturated rings. The monoisotopic (exact) mass is 308 g/mol. The van der Waals surface area contributed by atoms with Crippen LogP contribution < -0.4 is 4.74 Å². The number of carbonyl (C=O) groups is 1. The Bertz CT molecular complexity index is 848. The number of rotatable bonds is 3. The number of fused-ring (bicyclic) bond motifs is 1. The lowest BCUT2D eigenvalue weighted by atomic mass is 10.2. The highest BCUT2D eigenvalue weighted by Crippen LogP contribution is 2.19. The lowest BCUT2D eigenvalue weighted by molar-refractivity contribution is 0.0928. The molecule has 0 spiro atoms. The summed E-state index contributed by atoms with van der Waals surface area (Å²) in [5.41, 5.74) is 4.08. The first-order valence-corrected chi connectivity index (χ1v) is 7.25. The van der Waals surface area contributed by atoms with Gasteiger partial charge in [0.15, 0.2) is 0 Å². The maximum atomic E-state index is 11.8. The third-order valence-corrected chi connectivity index (χ3v) is 3.45. The first kappa shape index (κ1) is 15.0. The first-order valence-electron chi connectivity index (χ1n) is 7.25. The van der Waals surface area contributed by atoms with Gasteiger partial charge in [-0.05, 0) is 31.5 Å². The van der Waals surface area contributed by atoms with Gasteiger partial charge < -0.3 is 9.47 Å². The van der Waals surface area contributed by atoms with Crippen LogP contribution >= 0.6 is 0 Å². The Labute approximate surface area is 133 Å². The van der Waals surface area contributed by atoms with Crippen molar-refractivity contribution in [3.8, 4) is 5.75 Å². The van der Waals surface area contributed by atoms with Gasteiger partial charge in [0.2, 0.25) is 0 Å². The average Bonchev–Trinajstić information content (AvgIpc) is 2.55. The summed E-state index contributed by atoms with van der Waals surface area (Å²) < 4.78 is 10.3. The molecular formula is C18H16N2O3. The van der Waals surface area contributed by atoms with Crippen LogP contribution in [0.3, 0.4) is 0 Å². The molecule has 3 aromatic rings. The van der Waals surface area contributed by atoms with E-state index in [1.54, 1.807) is 18.2 Å². The standard InChI is InChI=1S/C18H16N2O3/c1-12-13(2)20-17-10-15(8-9-16(17)19-12)23-18(21)22-11-14-6-4-3-5-7-14/h3-10H,11H2,1-2H3. The van der Waals surface area contributed by atoms with Gasteiger partial charge in [-0.1, -0.05) is 30.3 Å². The molecule has 1 aromatic heterocycles. The van der Waals surface area contributed by atoms with Gasteiger partial charge in [-0.3, -0.25) is 0 Å². The van der Waals surface area contributed by atoms with Crippen molar-refractivity contribution in [2.45, 2.75) is 20.5 Å². The van der Waals surface area contributed by atoms with Crippen LogP contribution in [-0.4, -0.2) is 16.1 Å². The van der Waals surface area contributed by atoms with E-state index in [0.717, 1.165) is 22.5 Å². The van der Waals surface area contributed by atoms with Crippen molar-refractivity contribution in [1.82, 2.24) is 9.97 Å². The van der Waals surface area contributed by atoms with E-state index in [2.05, 4.69) is 9.97 Å². The third kappa shape index (κ3) is 3.63. The summed E-state index contributed by atoms with van der Waals surface area (Å²) in [6, 6.07) is 14.6. The third-order valence-electron chi connectivity index (χ3n) is 3.45. The van der Waals surface area contributed by atoms with E-state index in [0.29, 0.717) is 11.3 Å². The quantitative estimate of drug-likeness (QED) is 0.541. The van der Waals surface area contributed by atoms with Crippen LogP contribution in [-0.2, 0) is 11.3 Å². The molecule has 0 N–H and O–H groups in total. The van der Waals surface area contributed by atoms with Crippen molar-refractivity contribution in [2.75, 3.05) is 0 Å². The topological polar surface area (TPSA) is 61.3 Å². The van der Waals surface area contributed by atoms with E-state index >= 15 is 0 Å². The van der Waals surface area contributed by atoms with E-state index in [1.165, 1.54) is 0 Å². The number of hydrogen-bond donors (Lipinski definition) is 0. The summed E-state index contributed by atoms with van der Waals surface area (Å²) in [6.07, 6.45) is -0.745. The molecule has 0 saturated heterocycles. The molecule has 0 aliphatic carbocycles. The normalized spacial score (nSPS) is 10.5. The Balaban J connectivity index is 1.68. The van der Waals surface area contributed by atoms with E-state index in [1.807, 2.05) is 44.2 Å². The van der Waals surface area contributed by atoms with Crippen LogP contribution in [0.2, 0.25) is 0 Å². The number of carbonyl (C=O) groups excluding carboxylic acids is 1. The van der Waals surface area contributed by atoms with E-state index in [-0.39, 0.29) is 6.61 Å². The summed E-state index contributed by atoms with van der Waals surface area (Å²) in [4.78, 5) is 20.6. The van der Waals surface area contributed by atoms with Gasteiger partial charge in [0.05, 0.1) is 22.4 Å². The SMILES string of the molecule is Cc1nc2ccc(OC(=O)OCc3ccccc3)cc2nc1C. The minimum absolute atomic E-state index is 0.172. The van der Waals surface area contributed by atoms with Gasteiger partial charge in [-0.2, -0.15) is 0 Å². The van der Waals surface area contributed by atoms with E-state index in [9.17, 15) is 4.79 Å². The zero-order chi connectivity index (χ0) is 16.2. The van der Waals surface area contributed by atoms with Crippen LogP contribution in [0.25, 0.3) is 11.0 Å². The van der Waals surface area contributed by atoms with Crippen molar-refractivity contribution in [3.63, 3.8) is 0 Å². The highest BCUT2D eigenvalue weighted by molar-refractivity contribution is 5.77. The maximum Gasteiger partial charge on any atom is 0.514 e. The first-order chi connectivity index (χ1) is 11.1. The summed E-state index contributed by atoms with van der Waals surface area (Å²) in [5, 5.41) is 0. The second kappa shape index (κ2) is 6.44. The highest BCUT2D eigenvalue weighted by atomic mass is 16.7. The van der Waals surface area contributed by atoms with E-state index < -0.39 is 6.16 Å². The van der Waals surface area contributed by atoms with Crippen molar-refractivity contribution in [3.05, 3.63) is 65.5 Å². The number of aromatic nitrogens is 2. The van der Waals surface area contributed by atoms with Gasteiger partial charge in [0.1, 0.15) is 12.4 Å². The minimum atomic E-state index is -0.745. The Morgan fingerprint density at radius 3 is 2.39 bits per heavy atom. The number of ether oxygens (including phenoxy) is 2. The van der Waals surface area contributed by atoms with Gasteiger partial charge in [-0.25, -0.2) is 14.8 Å². The zero-order valence-electron chi connectivity index (χ0n) is 12.9. The molecule has 3 rings (SSSR count). The van der Waals surface area contributed by atoms with Gasteiger partial charge >= 0.3 is 6.16 Å². The number of nitrogens with zero attached hydrogens (tertiary/aromatic N) is 2. The largest absolute Gasteiger partial charge is 0.514 e. The van der Waals surface area contributed by atoms with Crippen molar-refractivity contribution in [1.29, 1.82) is 0 Å². The summed E-state index contributed by atoms with van der Waals surface area (Å²) in [6.45, 7) is 3.97. The Morgan fingerprint density at radius 2 is 1.65 bits per heavy atom. The maximum absolute atomic E-state index is 11.8. The molecule has 0 aliphatic heterocycles. The van der Waals surface area contributed by atoms with Crippen LogP contribution in [0.5, 0.6) is 5.75 Å². The molecule has 5 heteroatoms. The Hall–Kier alpha value is -2.95. The minimum Gasteiger partial charge on any atom is -0.429 e. The number of benzene rings is 2. The van der Waals surface area contributed by atoms with Crippen molar-refractivity contribution < 1.29 is 14.3 Å². The van der Waals surface area contributed by atoms with Crippen LogP contribution in [0, 0.1) is 13.8 Å². The molecule has 0 aliphatic rings. The second-order valence-electron chi connectivity index (χ2n) is 5.17. The molecule has 116 valence electrons. The zero-order valence-corrected chi connectivity index (χ0v) is 12.9. The lowest BCUT2D eigenvalue weighted by Gasteiger charge is -2.07. The van der Waals surface area contributed by atoms with Gasteiger partial charge in [-0.15, -0.1) is 0 Å². The van der Waals surface area contributed by atoms with Crippen LogP contribution in [0.1, 0.15) is 17.0 Å². The predicted octanol–water partition coefficient (Wildman–Crippen LogP) is 3.96. The molecule has 2 aromatic carbocycles. The summed E-state index contributed by atoms with van der Waals surface area (Å²) in [7, 11) is 0. The summed E-state index contributed by atoms with van der Waals surface area (Å²) in [5.74, 6) is 0.383. The van der Waals surface area contributed by atoms with Crippen molar-refractivity contribution in [2.24, 2.45) is 0 Å². The van der Waals surface area contributed by atoms with Gasteiger partial charge in [0.25, 0.3) is 0 Å². The second-order valence-corrected chi connectivity index (χ2v) is 5.17.